The summed E-state index contributed by atoms with van der Waals surface area (Å²) in [6, 6.07) is 9.60. The maximum absolute atomic E-state index is 13.2. The van der Waals surface area contributed by atoms with Crippen LogP contribution in [0, 0.1) is 5.82 Å². The van der Waals surface area contributed by atoms with Gasteiger partial charge in [-0.05, 0) is 43.3 Å². The minimum atomic E-state index is -4.64. The molecule has 1 amide bonds. The molecule has 0 aliphatic carbocycles. The van der Waals surface area contributed by atoms with E-state index in [1.54, 1.807) is 18.5 Å². The van der Waals surface area contributed by atoms with E-state index in [1.165, 1.54) is 48.2 Å². The Morgan fingerprint density at radius 2 is 1.84 bits per heavy atom. The van der Waals surface area contributed by atoms with Gasteiger partial charge in [-0.15, -0.1) is 10.2 Å². The zero-order chi connectivity index (χ0) is 23.3. The van der Waals surface area contributed by atoms with Crippen molar-refractivity contribution < 1.29 is 27.1 Å². The topological polar surface area (TPSA) is 69.0 Å². The summed E-state index contributed by atoms with van der Waals surface area (Å²) in [6.07, 6.45) is -4.64. The number of alkyl halides is 3. The molecule has 0 fully saturated rings. The predicted octanol–water partition coefficient (Wildman–Crippen LogP) is 4.64. The average Bonchev–Trinajstić information content (AvgIpc) is 3.12. The minimum absolute atomic E-state index is 0.346. The Balaban J connectivity index is 1.58. The number of hydrogen-bond acceptors (Lipinski definition) is 5. The lowest BCUT2D eigenvalue weighted by molar-refractivity contribution is -0.137. The summed E-state index contributed by atoms with van der Waals surface area (Å²) in [4.78, 5) is 12.5. The molecular formula is C21H20F4N4O2S. The Hall–Kier alpha value is -3.08. The number of benzene rings is 2. The van der Waals surface area contributed by atoms with Gasteiger partial charge in [0, 0.05) is 12.8 Å². The molecule has 0 bridgehead atoms. The summed E-state index contributed by atoms with van der Waals surface area (Å²) < 4.78 is 59.6. The fourth-order valence-electron chi connectivity index (χ4n) is 2.92. The molecule has 0 unspecified atom stereocenters. The van der Waals surface area contributed by atoms with Gasteiger partial charge in [-0.3, -0.25) is 4.79 Å². The zero-order valence-corrected chi connectivity index (χ0v) is 18.0. The fraction of sp³-hybridized carbons (Fsp3) is 0.286. The highest BCUT2D eigenvalue weighted by molar-refractivity contribution is 7.99. The highest BCUT2D eigenvalue weighted by atomic mass is 32.2. The number of nitrogens with one attached hydrogen (secondary N) is 1. The Kier molecular flexibility index (Phi) is 7.39. The highest BCUT2D eigenvalue weighted by Crippen LogP contribution is 2.32. The summed E-state index contributed by atoms with van der Waals surface area (Å²) in [7, 11) is 1.70. The molecule has 1 atom stereocenters. The van der Waals surface area contributed by atoms with Crippen molar-refractivity contribution in [1.29, 1.82) is 0 Å². The normalized spacial score (nSPS) is 12.4. The summed E-state index contributed by atoms with van der Waals surface area (Å²) in [5, 5.41) is 11.2. The van der Waals surface area contributed by atoms with Gasteiger partial charge in [0.25, 0.3) is 5.91 Å². The van der Waals surface area contributed by atoms with Crippen LogP contribution >= 0.6 is 11.8 Å². The second kappa shape index (κ2) is 10.0. The van der Waals surface area contributed by atoms with Gasteiger partial charge in [-0.1, -0.05) is 23.9 Å². The first-order valence-electron chi connectivity index (χ1n) is 9.54. The smallest absolute Gasteiger partial charge is 0.417 e. The van der Waals surface area contributed by atoms with Crippen LogP contribution in [0.15, 0.2) is 53.7 Å². The van der Waals surface area contributed by atoms with Crippen molar-refractivity contribution in [1.82, 2.24) is 20.1 Å². The van der Waals surface area contributed by atoms with Crippen molar-refractivity contribution in [3.05, 3.63) is 71.3 Å². The molecule has 0 radical (unpaired) electrons. The van der Waals surface area contributed by atoms with Crippen LogP contribution < -0.4 is 10.1 Å². The number of carbonyl (C=O) groups excluding carboxylic acids is 1. The molecule has 1 N–H and O–H groups in total. The van der Waals surface area contributed by atoms with E-state index >= 15 is 0 Å². The van der Waals surface area contributed by atoms with Crippen molar-refractivity contribution in [3.63, 3.8) is 0 Å². The molecule has 0 saturated carbocycles. The number of carbonyl (C=O) groups is 1. The second-order valence-corrected chi connectivity index (χ2v) is 7.85. The summed E-state index contributed by atoms with van der Waals surface area (Å²) >= 11 is 1.36. The standard InChI is InChI=1S/C21H20F4N4O2S/c1-13(26-19(30)16-5-3-4-6-17(16)21(23,24)25)18-27-28-20(29(18)2)32-12-11-31-15-9-7-14(22)8-10-15/h3-10,13H,11-12H2,1-2H3,(H,26,30)/t13-/m0/s1. The lowest BCUT2D eigenvalue weighted by Crippen LogP contribution is -2.30. The van der Waals surface area contributed by atoms with E-state index in [2.05, 4.69) is 15.5 Å². The number of rotatable bonds is 8. The van der Waals surface area contributed by atoms with Gasteiger partial charge < -0.3 is 14.6 Å². The number of thioether (sulfide) groups is 1. The quantitative estimate of drug-likeness (QED) is 0.297. The van der Waals surface area contributed by atoms with Gasteiger partial charge in [-0.25, -0.2) is 4.39 Å². The highest BCUT2D eigenvalue weighted by Gasteiger charge is 2.35. The monoisotopic (exact) mass is 468 g/mol. The van der Waals surface area contributed by atoms with Crippen molar-refractivity contribution in [3.8, 4) is 5.75 Å². The molecule has 0 aliphatic heterocycles. The Bertz CT molecular complexity index is 1070. The number of nitrogens with zero attached hydrogens (tertiary/aromatic N) is 3. The molecule has 3 aromatic rings. The molecule has 1 heterocycles. The minimum Gasteiger partial charge on any atom is -0.493 e. The molecule has 0 saturated heterocycles. The first-order chi connectivity index (χ1) is 15.2. The summed E-state index contributed by atoms with van der Waals surface area (Å²) in [5.74, 6) is 0.269. The maximum Gasteiger partial charge on any atom is 0.417 e. The van der Waals surface area contributed by atoms with Crippen LogP contribution in [0.5, 0.6) is 5.75 Å². The van der Waals surface area contributed by atoms with Gasteiger partial charge >= 0.3 is 6.18 Å². The van der Waals surface area contributed by atoms with E-state index in [9.17, 15) is 22.4 Å². The molecule has 170 valence electrons. The van der Waals surface area contributed by atoms with E-state index in [-0.39, 0.29) is 5.82 Å². The molecule has 6 nitrogen and oxygen atoms in total. The molecular weight excluding hydrogens is 448 g/mol. The predicted molar refractivity (Wildman–Crippen MR) is 111 cm³/mol. The van der Waals surface area contributed by atoms with Crippen LogP contribution in [0.1, 0.15) is 34.7 Å². The van der Waals surface area contributed by atoms with Crippen LogP contribution in [-0.2, 0) is 13.2 Å². The van der Waals surface area contributed by atoms with Crippen molar-refractivity contribution in [2.75, 3.05) is 12.4 Å². The van der Waals surface area contributed by atoms with Crippen molar-refractivity contribution in [2.24, 2.45) is 7.05 Å². The van der Waals surface area contributed by atoms with Crippen molar-refractivity contribution >= 4 is 17.7 Å². The molecule has 32 heavy (non-hydrogen) atoms. The Morgan fingerprint density at radius 1 is 1.16 bits per heavy atom. The van der Waals surface area contributed by atoms with Gasteiger partial charge in [0.1, 0.15) is 11.6 Å². The summed E-state index contributed by atoms with van der Waals surface area (Å²) in [5.41, 5.74) is -1.46. The largest absolute Gasteiger partial charge is 0.493 e. The van der Waals surface area contributed by atoms with Crippen LogP contribution in [0.25, 0.3) is 0 Å². The molecule has 0 spiro atoms. The zero-order valence-electron chi connectivity index (χ0n) is 17.2. The first-order valence-corrected chi connectivity index (χ1v) is 10.5. The number of amides is 1. The molecule has 0 aliphatic rings. The number of hydrogen-bond donors (Lipinski definition) is 1. The third-order valence-corrected chi connectivity index (χ3v) is 5.46. The van der Waals surface area contributed by atoms with E-state index in [4.69, 9.17) is 4.74 Å². The first kappa shape index (κ1) is 23.6. The van der Waals surface area contributed by atoms with E-state index < -0.39 is 29.3 Å². The summed E-state index contributed by atoms with van der Waals surface area (Å²) in [6.45, 7) is 1.96. The third kappa shape index (κ3) is 5.78. The van der Waals surface area contributed by atoms with E-state index in [0.29, 0.717) is 29.1 Å². The van der Waals surface area contributed by atoms with Crippen LogP contribution in [0.3, 0.4) is 0 Å². The molecule has 1 aromatic heterocycles. The Labute approximate surface area is 186 Å². The van der Waals surface area contributed by atoms with Crippen molar-refractivity contribution in [2.45, 2.75) is 24.3 Å². The van der Waals surface area contributed by atoms with Crippen LogP contribution in [-0.4, -0.2) is 33.0 Å². The van der Waals surface area contributed by atoms with Crippen LogP contribution in [0.4, 0.5) is 17.6 Å². The maximum atomic E-state index is 13.2. The van der Waals surface area contributed by atoms with Gasteiger partial charge in [0.15, 0.2) is 11.0 Å². The Morgan fingerprint density at radius 3 is 2.53 bits per heavy atom. The second-order valence-electron chi connectivity index (χ2n) is 6.79. The van der Waals surface area contributed by atoms with Gasteiger partial charge in [0.2, 0.25) is 0 Å². The third-order valence-electron chi connectivity index (χ3n) is 4.48. The number of aromatic nitrogens is 3. The average molecular weight is 468 g/mol. The van der Waals surface area contributed by atoms with Crippen LogP contribution in [0.2, 0.25) is 0 Å². The number of halogens is 4. The van der Waals surface area contributed by atoms with E-state index in [0.717, 1.165) is 12.1 Å². The molecule has 3 rings (SSSR count). The molecule has 11 heteroatoms. The van der Waals surface area contributed by atoms with Gasteiger partial charge in [-0.2, -0.15) is 13.2 Å². The lowest BCUT2D eigenvalue weighted by atomic mass is 10.1. The van der Waals surface area contributed by atoms with Gasteiger partial charge in [0.05, 0.1) is 23.8 Å². The fourth-order valence-corrected chi connectivity index (χ4v) is 3.65. The SMILES string of the molecule is C[C@H](NC(=O)c1ccccc1C(F)(F)F)c1nnc(SCCOc2ccc(F)cc2)n1C. The number of ether oxygens (including phenoxy) is 1. The molecule has 2 aromatic carbocycles. The van der Waals surface area contributed by atoms with E-state index in [1.807, 2.05) is 0 Å². The lowest BCUT2D eigenvalue weighted by Gasteiger charge is -2.16.